The van der Waals surface area contributed by atoms with Crippen molar-refractivity contribution in [2.24, 2.45) is 0 Å². The summed E-state index contributed by atoms with van der Waals surface area (Å²) in [4.78, 5) is 26.6. The van der Waals surface area contributed by atoms with Gasteiger partial charge in [0.15, 0.2) is 0 Å². The quantitative estimate of drug-likeness (QED) is 0.397. The largest absolute Gasteiger partial charge is 0.465 e. The van der Waals surface area contributed by atoms with Crippen LogP contribution in [0.5, 0.6) is 0 Å². The summed E-state index contributed by atoms with van der Waals surface area (Å²) in [5.74, 6) is -0.512. The molecule has 1 aliphatic rings. The van der Waals surface area contributed by atoms with E-state index in [1.54, 1.807) is 6.07 Å². The lowest BCUT2D eigenvalue weighted by molar-refractivity contribution is -0.146. The van der Waals surface area contributed by atoms with E-state index in [4.69, 9.17) is 9.47 Å². The Balaban J connectivity index is 1.82. The summed E-state index contributed by atoms with van der Waals surface area (Å²) in [5, 5.41) is 1.90. The molecule has 32 heavy (non-hydrogen) atoms. The minimum Gasteiger partial charge on any atom is -0.465 e. The van der Waals surface area contributed by atoms with Crippen LogP contribution >= 0.6 is 11.3 Å². The number of rotatable bonds is 6. The van der Waals surface area contributed by atoms with E-state index < -0.39 is 11.0 Å². The van der Waals surface area contributed by atoms with Gasteiger partial charge in [-0.1, -0.05) is 42.5 Å². The molecule has 0 bridgehead atoms. The highest BCUT2D eigenvalue weighted by molar-refractivity contribution is 7.14. The number of ether oxygens (including phenoxy) is 2. The number of carbonyl (C=O) groups excluding carboxylic acids is 2. The van der Waals surface area contributed by atoms with Crippen molar-refractivity contribution in [3.63, 3.8) is 0 Å². The molecule has 0 radical (unpaired) electrons. The van der Waals surface area contributed by atoms with Crippen molar-refractivity contribution in [3.05, 3.63) is 71.1 Å². The third kappa shape index (κ3) is 4.35. The Labute approximate surface area is 193 Å². The summed E-state index contributed by atoms with van der Waals surface area (Å²) in [6.07, 6.45) is 1.52. The molecule has 0 saturated heterocycles. The van der Waals surface area contributed by atoms with Crippen LogP contribution in [-0.4, -0.2) is 24.1 Å². The van der Waals surface area contributed by atoms with Gasteiger partial charge >= 0.3 is 11.9 Å². The predicted molar refractivity (Wildman–Crippen MR) is 128 cm³/mol. The van der Waals surface area contributed by atoms with Gasteiger partial charge in [-0.05, 0) is 80.3 Å². The Hall–Kier alpha value is -2.92. The van der Waals surface area contributed by atoms with Crippen LogP contribution in [0.25, 0.3) is 21.6 Å². The van der Waals surface area contributed by atoms with Gasteiger partial charge in [-0.15, -0.1) is 11.3 Å². The summed E-state index contributed by atoms with van der Waals surface area (Å²) in [7, 11) is 0. The normalized spacial score (nSPS) is 14.6. The summed E-state index contributed by atoms with van der Waals surface area (Å²) in [5.41, 5.74) is 3.30. The van der Waals surface area contributed by atoms with E-state index in [1.165, 1.54) is 11.3 Å². The Kier molecular flexibility index (Phi) is 5.95. The van der Waals surface area contributed by atoms with E-state index in [9.17, 15) is 9.59 Å². The van der Waals surface area contributed by atoms with Crippen molar-refractivity contribution in [2.45, 2.75) is 51.6 Å². The molecule has 166 valence electrons. The molecule has 2 aromatic carbocycles. The molecule has 4 nitrogen and oxygen atoms in total. The lowest BCUT2D eigenvalue weighted by Crippen LogP contribution is -2.24. The zero-order valence-electron chi connectivity index (χ0n) is 18.9. The molecule has 1 saturated carbocycles. The average molecular weight is 449 g/mol. The van der Waals surface area contributed by atoms with Gasteiger partial charge < -0.3 is 9.47 Å². The van der Waals surface area contributed by atoms with Crippen LogP contribution in [0.15, 0.2) is 60.0 Å². The molecule has 1 aromatic heterocycles. The van der Waals surface area contributed by atoms with E-state index in [2.05, 4.69) is 24.3 Å². The number of carbonyl (C=O) groups is 2. The van der Waals surface area contributed by atoms with Gasteiger partial charge in [0.2, 0.25) is 0 Å². The number of thiophene rings is 1. The number of hydrogen-bond acceptors (Lipinski definition) is 5. The van der Waals surface area contributed by atoms with E-state index in [0.29, 0.717) is 12.2 Å². The SMILES string of the molecule is CCOC(=O)C1(c2cc(-c3sccc3C(=O)OC(C)(C)C)ccc2-c2ccccc2)CC1. The van der Waals surface area contributed by atoms with Crippen molar-refractivity contribution >= 4 is 23.3 Å². The van der Waals surface area contributed by atoms with Gasteiger partial charge in [-0.2, -0.15) is 0 Å². The Morgan fingerprint density at radius 2 is 1.72 bits per heavy atom. The van der Waals surface area contributed by atoms with Crippen molar-refractivity contribution < 1.29 is 19.1 Å². The van der Waals surface area contributed by atoms with Crippen LogP contribution < -0.4 is 0 Å². The number of hydrogen-bond donors (Lipinski definition) is 0. The van der Waals surface area contributed by atoms with Crippen LogP contribution in [-0.2, 0) is 19.7 Å². The third-order valence-electron chi connectivity index (χ3n) is 5.58. The predicted octanol–water partition coefficient (Wildman–Crippen LogP) is 6.63. The van der Waals surface area contributed by atoms with Crippen LogP contribution in [0.1, 0.15) is 56.5 Å². The zero-order valence-corrected chi connectivity index (χ0v) is 19.8. The number of benzene rings is 2. The molecule has 0 spiro atoms. The van der Waals surface area contributed by atoms with Crippen molar-refractivity contribution in [2.75, 3.05) is 6.61 Å². The van der Waals surface area contributed by atoms with Crippen LogP contribution in [0.2, 0.25) is 0 Å². The Bertz CT molecular complexity index is 1130. The van der Waals surface area contributed by atoms with Crippen molar-refractivity contribution in [1.29, 1.82) is 0 Å². The maximum atomic E-state index is 12.9. The fourth-order valence-electron chi connectivity index (χ4n) is 3.96. The molecule has 0 unspecified atom stereocenters. The lowest BCUT2D eigenvalue weighted by atomic mass is 9.86. The Morgan fingerprint density at radius 3 is 2.34 bits per heavy atom. The van der Waals surface area contributed by atoms with Gasteiger partial charge in [0.1, 0.15) is 5.60 Å². The first-order chi connectivity index (χ1) is 15.2. The van der Waals surface area contributed by atoms with Crippen LogP contribution in [0.3, 0.4) is 0 Å². The summed E-state index contributed by atoms with van der Waals surface area (Å²) >= 11 is 1.50. The molecule has 1 heterocycles. The molecule has 1 fully saturated rings. The molecule has 1 aliphatic carbocycles. The van der Waals surface area contributed by atoms with Gasteiger partial charge in [0, 0.05) is 4.88 Å². The summed E-state index contributed by atoms with van der Waals surface area (Å²) in [6.45, 7) is 7.77. The highest BCUT2D eigenvalue weighted by Gasteiger charge is 2.54. The maximum absolute atomic E-state index is 12.9. The van der Waals surface area contributed by atoms with E-state index in [0.717, 1.165) is 40.0 Å². The first kappa shape index (κ1) is 22.3. The van der Waals surface area contributed by atoms with E-state index in [1.807, 2.05) is 57.3 Å². The second kappa shape index (κ2) is 8.55. The minimum atomic E-state index is -0.624. The van der Waals surface area contributed by atoms with Crippen molar-refractivity contribution in [3.8, 4) is 21.6 Å². The second-order valence-electron chi connectivity index (χ2n) is 9.09. The molecule has 5 heteroatoms. The lowest BCUT2D eigenvalue weighted by Gasteiger charge is -2.21. The average Bonchev–Trinajstić information content (AvgIpc) is 3.42. The van der Waals surface area contributed by atoms with Gasteiger partial charge in [-0.3, -0.25) is 4.79 Å². The van der Waals surface area contributed by atoms with Gasteiger partial charge in [0.25, 0.3) is 0 Å². The molecule has 0 atom stereocenters. The Morgan fingerprint density at radius 1 is 1.00 bits per heavy atom. The summed E-state index contributed by atoms with van der Waals surface area (Å²) in [6, 6.07) is 18.0. The van der Waals surface area contributed by atoms with E-state index >= 15 is 0 Å². The standard InChI is InChI=1S/C27H28O4S/c1-5-30-25(29)27(14-15-27)22-17-19(11-12-20(22)18-9-7-6-8-10-18)23-21(13-16-32-23)24(28)31-26(2,3)4/h6-13,16-17H,5,14-15H2,1-4H3. The van der Waals surface area contributed by atoms with Crippen LogP contribution in [0, 0.1) is 0 Å². The highest BCUT2D eigenvalue weighted by Crippen LogP contribution is 2.53. The zero-order chi connectivity index (χ0) is 22.9. The fourth-order valence-corrected chi connectivity index (χ4v) is 4.84. The molecule has 3 aromatic rings. The molecular weight excluding hydrogens is 420 g/mol. The van der Waals surface area contributed by atoms with Gasteiger partial charge in [0.05, 0.1) is 17.6 Å². The smallest absolute Gasteiger partial charge is 0.340 e. The highest BCUT2D eigenvalue weighted by atomic mass is 32.1. The first-order valence-corrected chi connectivity index (χ1v) is 11.8. The third-order valence-corrected chi connectivity index (χ3v) is 6.55. The molecule has 0 aliphatic heterocycles. The minimum absolute atomic E-state index is 0.173. The first-order valence-electron chi connectivity index (χ1n) is 10.9. The topological polar surface area (TPSA) is 52.6 Å². The number of esters is 2. The van der Waals surface area contributed by atoms with Crippen LogP contribution in [0.4, 0.5) is 0 Å². The molecule has 0 N–H and O–H groups in total. The van der Waals surface area contributed by atoms with E-state index in [-0.39, 0.29) is 11.9 Å². The van der Waals surface area contributed by atoms with Crippen molar-refractivity contribution in [1.82, 2.24) is 0 Å². The monoisotopic (exact) mass is 448 g/mol. The molecule has 0 amide bonds. The molecule has 4 rings (SSSR count). The molecular formula is C27H28O4S. The summed E-state index contributed by atoms with van der Waals surface area (Å²) < 4.78 is 11.1. The van der Waals surface area contributed by atoms with Gasteiger partial charge in [-0.25, -0.2) is 4.79 Å². The fraction of sp³-hybridized carbons (Fsp3) is 0.333. The maximum Gasteiger partial charge on any atom is 0.340 e. The second-order valence-corrected chi connectivity index (χ2v) is 10.0.